The summed E-state index contributed by atoms with van der Waals surface area (Å²) in [5.74, 6) is 1.15. The predicted molar refractivity (Wildman–Crippen MR) is 69.3 cm³/mol. The van der Waals surface area contributed by atoms with E-state index >= 15 is 0 Å². The summed E-state index contributed by atoms with van der Waals surface area (Å²) in [5, 5.41) is 0. The van der Waals surface area contributed by atoms with Gasteiger partial charge in [-0.1, -0.05) is 24.1 Å². The van der Waals surface area contributed by atoms with Crippen molar-refractivity contribution >= 4 is 5.78 Å². The summed E-state index contributed by atoms with van der Waals surface area (Å²) in [6.45, 7) is 8.53. The Morgan fingerprint density at radius 2 is 2.25 bits per heavy atom. The third-order valence-corrected chi connectivity index (χ3v) is 3.47. The number of hydrogen-bond acceptors (Lipinski definition) is 1. The van der Waals surface area contributed by atoms with Crippen LogP contribution < -0.4 is 0 Å². The van der Waals surface area contributed by atoms with Crippen LogP contribution >= 0.6 is 0 Å². The largest absolute Gasteiger partial charge is 0.295 e. The molecule has 0 saturated carbocycles. The van der Waals surface area contributed by atoms with Gasteiger partial charge < -0.3 is 0 Å². The zero-order chi connectivity index (χ0) is 12.1. The van der Waals surface area contributed by atoms with Crippen LogP contribution in [0, 0.1) is 11.8 Å². The number of hydrogen-bond donors (Lipinski definition) is 0. The van der Waals surface area contributed by atoms with Crippen LogP contribution in [0.4, 0.5) is 0 Å². The van der Waals surface area contributed by atoms with Gasteiger partial charge in [-0.25, -0.2) is 0 Å². The first kappa shape index (κ1) is 13.2. The van der Waals surface area contributed by atoms with Crippen LogP contribution in [0.25, 0.3) is 0 Å². The average Bonchev–Trinajstić information content (AvgIpc) is 2.16. The standard InChI is InChI=1S/C15H24O/c1-11(2)6-5-7-13(4)14-9-8-12(3)10-15(14)16/h6,10,13-14H,5,7-9H2,1-4H3/t13-,14+/m0/s1. The molecule has 0 bridgehead atoms. The van der Waals surface area contributed by atoms with E-state index in [9.17, 15) is 4.79 Å². The number of ketones is 1. The van der Waals surface area contributed by atoms with Gasteiger partial charge in [0.15, 0.2) is 5.78 Å². The SMILES string of the molecule is CC(C)=CCC[C@H](C)[C@H]1CCC(C)=CC1=O. The molecule has 0 aromatic carbocycles. The second-order valence-electron chi connectivity index (χ2n) is 5.37. The van der Waals surface area contributed by atoms with Crippen LogP contribution in [0.1, 0.15) is 53.4 Å². The van der Waals surface area contributed by atoms with Crippen LogP contribution in [-0.4, -0.2) is 5.78 Å². The third-order valence-electron chi connectivity index (χ3n) is 3.47. The summed E-state index contributed by atoms with van der Waals surface area (Å²) in [4.78, 5) is 11.9. The highest BCUT2D eigenvalue weighted by molar-refractivity contribution is 5.93. The highest BCUT2D eigenvalue weighted by Crippen LogP contribution is 2.29. The minimum Gasteiger partial charge on any atom is -0.295 e. The van der Waals surface area contributed by atoms with Gasteiger partial charge in [-0.3, -0.25) is 4.79 Å². The number of rotatable bonds is 4. The molecule has 2 atom stereocenters. The molecule has 1 aliphatic rings. The Morgan fingerprint density at radius 1 is 1.56 bits per heavy atom. The quantitative estimate of drug-likeness (QED) is 0.646. The van der Waals surface area contributed by atoms with E-state index in [-0.39, 0.29) is 5.92 Å². The fourth-order valence-electron chi connectivity index (χ4n) is 2.35. The predicted octanol–water partition coefficient (Wildman–Crippen LogP) is 4.29. The fraction of sp³-hybridized carbons (Fsp3) is 0.667. The highest BCUT2D eigenvalue weighted by atomic mass is 16.1. The molecule has 0 aromatic heterocycles. The first-order chi connectivity index (χ1) is 7.50. The summed E-state index contributed by atoms with van der Waals surface area (Å²) in [6.07, 6.45) is 8.52. The van der Waals surface area contributed by atoms with Crippen LogP contribution in [0.5, 0.6) is 0 Å². The lowest BCUT2D eigenvalue weighted by Crippen LogP contribution is -2.23. The highest BCUT2D eigenvalue weighted by Gasteiger charge is 2.25. The molecule has 1 heteroatoms. The zero-order valence-corrected chi connectivity index (χ0v) is 11.0. The van der Waals surface area contributed by atoms with E-state index in [1.54, 1.807) is 0 Å². The van der Waals surface area contributed by atoms with Crippen molar-refractivity contribution in [1.82, 2.24) is 0 Å². The van der Waals surface area contributed by atoms with Gasteiger partial charge >= 0.3 is 0 Å². The minimum absolute atomic E-state index is 0.272. The normalized spacial score (nSPS) is 22.6. The molecule has 1 aliphatic carbocycles. The second kappa shape index (κ2) is 6.03. The topological polar surface area (TPSA) is 17.1 Å². The lowest BCUT2D eigenvalue weighted by molar-refractivity contribution is -0.120. The first-order valence-electron chi connectivity index (χ1n) is 6.35. The maximum Gasteiger partial charge on any atom is 0.158 e. The van der Waals surface area contributed by atoms with E-state index < -0.39 is 0 Å². The Bertz CT molecular complexity index is 305. The van der Waals surface area contributed by atoms with Gasteiger partial charge in [0, 0.05) is 5.92 Å². The van der Waals surface area contributed by atoms with Crippen LogP contribution in [0.3, 0.4) is 0 Å². The Morgan fingerprint density at radius 3 is 2.81 bits per heavy atom. The molecule has 0 spiro atoms. The minimum atomic E-state index is 0.272. The smallest absolute Gasteiger partial charge is 0.158 e. The second-order valence-corrected chi connectivity index (χ2v) is 5.37. The maximum absolute atomic E-state index is 11.9. The van der Waals surface area contributed by atoms with Gasteiger partial charge in [0.05, 0.1) is 0 Å². The van der Waals surface area contributed by atoms with Crippen molar-refractivity contribution in [3.8, 4) is 0 Å². The van der Waals surface area contributed by atoms with Crippen molar-refractivity contribution in [2.75, 3.05) is 0 Å². The lowest BCUT2D eigenvalue weighted by Gasteiger charge is -2.25. The summed E-state index contributed by atoms with van der Waals surface area (Å²) in [5.41, 5.74) is 2.62. The molecular formula is C15H24O. The van der Waals surface area contributed by atoms with Crippen molar-refractivity contribution in [2.24, 2.45) is 11.8 Å². The van der Waals surface area contributed by atoms with Gasteiger partial charge in [-0.05, 0) is 58.4 Å². The Kier molecular flexibility index (Phi) is 4.98. The molecule has 0 aliphatic heterocycles. The van der Waals surface area contributed by atoms with Gasteiger partial charge in [-0.15, -0.1) is 0 Å². The van der Waals surface area contributed by atoms with Crippen molar-refractivity contribution in [2.45, 2.75) is 53.4 Å². The van der Waals surface area contributed by atoms with Crippen LogP contribution in [-0.2, 0) is 4.79 Å². The van der Waals surface area contributed by atoms with E-state index in [1.165, 1.54) is 11.1 Å². The monoisotopic (exact) mass is 220 g/mol. The number of carbonyl (C=O) groups is 1. The molecule has 0 fully saturated rings. The molecule has 0 amide bonds. The van der Waals surface area contributed by atoms with Crippen molar-refractivity contribution in [3.63, 3.8) is 0 Å². The Balaban J connectivity index is 2.46. The molecule has 0 unspecified atom stereocenters. The van der Waals surface area contributed by atoms with Crippen LogP contribution in [0.2, 0.25) is 0 Å². The first-order valence-corrected chi connectivity index (χ1v) is 6.35. The lowest BCUT2D eigenvalue weighted by atomic mass is 9.79. The zero-order valence-electron chi connectivity index (χ0n) is 11.0. The van der Waals surface area contributed by atoms with E-state index in [0.29, 0.717) is 11.7 Å². The van der Waals surface area contributed by atoms with Crippen molar-refractivity contribution in [3.05, 3.63) is 23.3 Å². The molecule has 16 heavy (non-hydrogen) atoms. The van der Waals surface area contributed by atoms with Gasteiger partial charge in [0.2, 0.25) is 0 Å². The summed E-state index contributed by atoms with van der Waals surface area (Å²) < 4.78 is 0. The summed E-state index contributed by atoms with van der Waals surface area (Å²) in [7, 11) is 0. The molecule has 0 aromatic rings. The molecule has 0 radical (unpaired) electrons. The molecule has 1 nitrogen and oxygen atoms in total. The van der Waals surface area contributed by atoms with Crippen LogP contribution in [0.15, 0.2) is 23.3 Å². The average molecular weight is 220 g/mol. The Hall–Kier alpha value is -0.850. The molecule has 0 saturated heterocycles. The fourth-order valence-corrected chi connectivity index (χ4v) is 2.35. The summed E-state index contributed by atoms with van der Waals surface area (Å²) >= 11 is 0. The van der Waals surface area contributed by atoms with Crippen molar-refractivity contribution in [1.29, 1.82) is 0 Å². The maximum atomic E-state index is 11.9. The Labute approximate surface area is 99.6 Å². The van der Waals surface area contributed by atoms with E-state index in [1.807, 2.05) is 6.08 Å². The molecular weight excluding hydrogens is 196 g/mol. The number of allylic oxidation sites excluding steroid dienone is 4. The molecule has 0 heterocycles. The van der Waals surface area contributed by atoms with E-state index in [2.05, 4.69) is 33.8 Å². The molecule has 0 N–H and O–H groups in total. The van der Waals surface area contributed by atoms with E-state index in [4.69, 9.17) is 0 Å². The van der Waals surface area contributed by atoms with E-state index in [0.717, 1.165) is 25.7 Å². The summed E-state index contributed by atoms with van der Waals surface area (Å²) in [6, 6.07) is 0. The van der Waals surface area contributed by atoms with Crippen molar-refractivity contribution < 1.29 is 4.79 Å². The van der Waals surface area contributed by atoms with Gasteiger partial charge in [0.25, 0.3) is 0 Å². The number of carbonyl (C=O) groups excluding carboxylic acids is 1. The third kappa shape index (κ3) is 3.96. The molecule has 1 rings (SSSR count). The van der Waals surface area contributed by atoms with Gasteiger partial charge in [0.1, 0.15) is 0 Å². The van der Waals surface area contributed by atoms with Gasteiger partial charge in [-0.2, -0.15) is 0 Å². The molecule has 90 valence electrons.